The first kappa shape index (κ1) is 18.5. The van der Waals surface area contributed by atoms with Crippen molar-refractivity contribution in [3.63, 3.8) is 0 Å². The SMILES string of the molecule is CSc1ccc([C@H]2NC(=S)NC(C)=C2C(=O)OCc2ccccc2)cc1. The highest BCUT2D eigenvalue weighted by Crippen LogP contribution is 2.29. The predicted molar refractivity (Wildman–Crippen MR) is 109 cm³/mol. The van der Waals surface area contributed by atoms with Crippen molar-refractivity contribution in [3.8, 4) is 0 Å². The molecule has 1 aliphatic rings. The Bertz CT molecular complexity index is 833. The number of allylic oxidation sites excluding steroid dienone is 1. The molecule has 26 heavy (non-hydrogen) atoms. The second kappa shape index (κ2) is 8.38. The fraction of sp³-hybridized carbons (Fsp3) is 0.200. The van der Waals surface area contributed by atoms with Crippen molar-refractivity contribution < 1.29 is 9.53 Å². The van der Waals surface area contributed by atoms with Crippen molar-refractivity contribution >= 4 is 35.1 Å². The van der Waals surface area contributed by atoms with Crippen LogP contribution in [0.2, 0.25) is 0 Å². The lowest BCUT2D eigenvalue weighted by atomic mass is 9.96. The molecule has 0 bridgehead atoms. The van der Waals surface area contributed by atoms with Gasteiger partial charge in [-0.05, 0) is 48.7 Å². The van der Waals surface area contributed by atoms with Crippen LogP contribution in [0.3, 0.4) is 0 Å². The standard InChI is InChI=1S/C20H20N2O2S2/c1-13-17(19(23)24-12-14-6-4-3-5-7-14)18(22-20(25)21-13)15-8-10-16(26-2)11-9-15/h3-11,18H,12H2,1-2H3,(H2,21,22,25)/t18-/m1/s1. The second-order valence-corrected chi connectivity index (χ2v) is 7.19. The third kappa shape index (κ3) is 4.26. The highest BCUT2D eigenvalue weighted by Gasteiger charge is 2.30. The monoisotopic (exact) mass is 384 g/mol. The van der Waals surface area contributed by atoms with Gasteiger partial charge in [-0.3, -0.25) is 0 Å². The highest BCUT2D eigenvalue weighted by molar-refractivity contribution is 7.98. The molecule has 2 N–H and O–H groups in total. The van der Waals surface area contributed by atoms with Crippen LogP contribution in [0, 0.1) is 0 Å². The van der Waals surface area contributed by atoms with Gasteiger partial charge in [0.2, 0.25) is 0 Å². The summed E-state index contributed by atoms with van der Waals surface area (Å²) in [6.45, 7) is 2.08. The molecule has 1 heterocycles. The lowest BCUT2D eigenvalue weighted by molar-refractivity contribution is -0.140. The number of benzene rings is 2. The van der Waals surface area contributed by atoms with Gasteiger partial charge in [-0.15, -0.1) is 11.8 Å². The van der Waals surface area contributed by atoms with E-state index < -0.39 is 0 Å². The molecule has 0 saturated carbocycles. The van der Waals surface area contributed by atoms with E-state index >= 15 is 0 Å². The van der Waals surface area contributed by atoms with E-state index in [2.05, 4.69) is 10.6 Å². The number of carbonyl (C=O) groups is 1. The van der Waals surface area contributed by atoms with Crippen LogP contribution in [0.25, 0.3) is 0 Å². The van der Waals surface area contributed by atoms with Gasteiger partial charge < -0.3 is 15.4 Å². The second-order valence-electron chi connectivity index (χ2n) is 5.91. The lowest BCUT2D eigenvalue weighted by Gasteiger charge is -2.30. The molecule has 2 aromatic rings. The summed E-state index contributed by atoms with van der Waals surface area (Å²) in [5.41, 5.74) is 3.18. The van der Waals surface area contributed by atoms with Crippen LogP contribution in [0.4, 0.5) is 0 Å². The predicted octanol–water partition coefficient (Wildman–Crippen LogP) is 3.94. The maximum atomic E-state index is 12.8. The minimum absolute atomic E-state index is 0.235. The molecule has 0 saturated heterocycles. The fourth-order valence-corrected chi connectivity index (χ4v) is 3.49. The maximum Gasteiger partial charge on any atom is 0.338 e. The van der Waals surface area contributed by atoms with E-state index in [-0.39, 0.29) is 18.6 Å². The number of hydrogen-bond donors (Lipinski definition) is 2. The van der Waals surface area contributed by atoms with Crippen molar-refractivity contribution in [2.24, 2.45) is 0 Å². The molecule has 0 aromatic heterocycles. The van der Waals surface area contributed by atoms with E-state index in [1.807, 2.05) is 67.8 Å². The summed E-state index contributed by atoms with van der Waals surface area (Å²) >= 11 is 6.95. The van der Waals surface area contributed by atoms with Gasteiger partial charge in [-0.25, -0.2) is 4.79 Å². The first-order valence-corrected chi connectivity index (χ1v) is 9.85. The van der Waals surface area contributed by atoms with Crippen LogP contribution < -0.4 is 10.6 Å². The third-order valence-corrected chi connectivity index (χ3v) is 5.11. The molecule has 0 radical (unpaired) electrons. The molecule has 0 unspecified atom stereocenters. The van der Waals surface area contributed by atoms with Crippen molar-refractivity contribution in [1.82, 2.24) is 10.6 Å². The lowest BCUT2D eigenvalue weighted by Crippen LogP contribution is -2.45. The zero-order valence-corrected chi connectivity index (χ0v) is 16.2. The Hall–Kier alpha value is -2.31. The molecule has 0 aliphatic carbocycles. The molecule has 1 aliphatic heterocycles. The summed E-state index contributed by atoms with van der Waals surface area (Å²) < 4.78 is 5.55. The van der Waals surface area contributed by atoms with E-state index in [0.29, 0.717) is 16.4 Å². The topological polar surface area (TPSA) is 50.4 Å². The Morgan fingerprint density at radius 3 is 2.50 bits per heavy atom. The number of carbonyl (C=O) groups excluding carboxylic acids is 1. The Labute approximate surface area is 163 Å². The van der Waals surface area contributed by atoms with Crippen molar-refractivity contribution in [1.29, 1.82) is 0 Å². The van der Waals surface area contributed by atoms with Crippen molar-refractivity contribution in [3.05, 3.63) is 77.0 Å². The number of esters is 1. The van der Waals surface area contributed by atoms with Crippen LogP contribution >= 0.6 is 24.0 Å². The van der Waals surface area contributed by atoms with Crippen LogP contribution in [0.15, 0.2) is 70.8 Å². The quantitative estimate of drug-likeness (QED) is 0.463. The summed E-state index contributed by atoms with van der Waals surface area (Å²) in [5, 5.41) is 6.71. The Kier molecular flexibility index (Phi) is 5.96. The maximum absolute atomic E-state index is 12.8. The molecule has 0 spiro atoms. The van der Waals surface area contributed by atoms with E-state index in [0.717, 1.165) is 11.1 Å². The minimum Gasteiger partial charge on any atom is -0.457 e. The highest BCUT2D eigenvalue weighted by atomic mass is 32.2. The van der Waals surface area contributed by atoms with E-state index in [1.165, 1.54) is 4.90 Å². The smallest absolute Gasteiger partial charge is 0.338 e. The Balaban J connectivity index is 1.83. The van der Waals surface area contributed by atoms with E-state index in [9.17, 15) is 4.79 Å². The molecule has 3 rings (SSSR count). The fourth-order valence-electron chi connectivity index (χ4n) is 2.81. The van der Waals surface area contributed by atoms with Crippen molar-refractivity contribution in [2.75, 3.05) is 6.26 Å². The first-order chi connectivity index (χ1) is 12.6. The van der Waals surface area contributed by atoms with Gasteiger partial charge in [0.25, 0.3) is 0 Å². The van der Waals surface area contributed by atoms with Gasteiger partial charge in [0.1, 0.15) is 6.61 Å². The molecular weight excluding hydrogens is 364 g/mol. The van der Waals surface area contributed by atoms with Gasteiger partial charge in [0.15, 0.2) is 5.11 Å². The van der Waals surface area contributed by atoms with Crippen LogP contribution in [-0.2, 0) is 16.1 Å². The van der Waals surface area contributed by atoms with Crippen molar-refractivity contribution in [2.45, 2.75) is 24.5 Å². The van der Waals surface area contributed by atoms with Gasteiger partial charge in [-0.1, -0.05) is 42.5 Å². The van der Waals surface area contributed by atoms with Gasteiger partial charge >= 0.3 is 5.97 Å². The summed E-state index contributed by atoms with van der Waals surface area (Å²) in [6.07, 6.45) is 2.03. The Morgan fingerprint density at radius 1 is 1.15 bits per heavy atom. The summed E-state index contributed by atoms with van der Waals surface area (Å²) in [5.74, 6) is -0.354. The zero-order valence-electron chi connectivity index (χ0n) is 14.6. The number of rotatable bonds is 5. The normalized spacial score (nSPS) is 16.7. The third-order valence-electron chi connectivity index (χ3n) is 4.15. The average Bonchev–Trinajstić information content (AvgIpc) is 2.66. The average molecular weight is 385 g/mol. The zero-order chi connectivity index (χ0) is 18.5. The largest absolute Gasteiger partial charge is 0.457 e. The van der Waals surface area contributed by atoms with Gasteiger partial charge in [-0.2, -0.15) is 0 Å². The molecular formula is C20H20N2O2S2. The van der Waals surface area contributed by atoms with Crippen LogP contribution in [0.1, 0.15) is 24.1 Å². The number of hydrogen-bond acceptors (Lipinski definition) is 4. The molecule has 6 heteroatoms. The minimum atomic E-state index is -0.354. The number of thioether (sulfide) groups is 1. The van der Waals surface area contributed by atoms with Gasteiger partial charge in [0.05, 0.1) is 11.6 Å². The number of ether oxygens (including phenoxy) is 1. The van der Waals surface area contributed by atoms with E-state index in [1.54, 1.807) is 11.8 Å². The van der Waals surface area contributed by atoms with Gasteiger partial charge in [0, 0.05) is 10.6 Å². The molecule has 0 amide bonds. The Morgan fingerprint density at radius 2 is 1.85 bits per heavy atom. The number of nitrogens with one attached hydrogen (secondary N) is 2. The molecule has 0 fully saturated rings. The van der Waals surface area contributed by atoms with Crippen LogP contribution in [0.5, 0.6) is 0 Å². The molecule has 134 valence electrons. The summed E-state index contributed by atoms with van der Waals surface area (Å²) in [7, 11) is 0. The molecule has 4 nitrogen and oxygen atoms in total. The summed E-state index contributed by atoms with van der Waals surface area (Å²) in [6, 6.07) is 17.4. The molecule has 2 aromatic carbocycles. The summed E-state index contributed by atoms with van der Waals surface area (Å²) in [4.78, 5) is 14.0. The molecule has 1 atom stereocenters. The number of thiocarbonyl (C=S) groups is 1. The van der Waals surface area contributed by atoms with E-state index in [4.69, 9.17) is 17.0 Å². The van der Waals surface area contributed by atoms with Crippen LogP contribution in [-0.4, -0.2) is 17.3 Å². The first-order valence-electron chi connectivity index (χ1n) is 8.22.